The number of hydrogen-bond donors (Lipinski definition) is 0. The molecule has 0 aromatic heterocycles. The standard InChI is InChI=1S/C14H19ClO2/c1-4-17-10-14(11(2)3,13(15)16)12-8-6-5-7-9-12/h5-9,11H,4,10H2,1-3H3. The van der Waals surface area contributed by atoms with Gasteiger partial charge in [-0.2, -0.15) is 0 Å². The molecule has 1 unspecified atom stereocenters. The van der Waals surface area contributed by atoms with Gasteiger partial charge in [0.1, 0.15) is 0 Å². The first kappa shape index (κ1) is 14.2. The van der Waals surface area contributed by atoms with Crippen molar-refractivity contribution in [1.82, 2.24) is 0 Å². The molecule has 0 spiro atoms. The van der Waals surface area contributed by atoms with Crippen molar-refractivity contribution < 1.29 is 9.53 Å². The normalized spacial score (nSPS) is 14.6. The summed E-state index contributed by atoms with van der Waals surface area (Å²) in [7, 11) is 0. The third-order valence-electron chi connectivity index (χ3n) is 3.16. The van der Waals surface area contributed by atoms with Gasteiger partial charge in [0, 0.05) is 6.61 Å². The zero-order chi connectivity index (χ0) is 12.9. The van der Waals surface area contributed by atoms with Crippen LogP contribution in [0, 0.1) is 5.92 Å². The van der Waals surface area contributed by atoms with E-state index in [4.69, 9.17) is 16.3 Å². The van der Waals surface area contributed by atoms with Crippen LogP contribution in [0.1, 0.15) is 26.3 Å². The summed E-state index contributed by atoms with van der Waals surface area (Å²) in [6, 6.07) is 9.61. The predicted octanol–water partition coefficient (Wildman–Crippen LogP) is 3.38. The fourth-order valence-corrected chi connectivity index (χ4v) is 2.36. The van der Waals surface area contributed by atoms with Gasteiger partial charge in [-0.15, -0.1) is 0 Å². The average Bonchev–Trinajstić information content (AvgIpc) is 2.30. The highest BCUT2D eigenvalue weighted by atomic mass is 35.5. The van der Waals surface area contributed by atoms with Gasteiger partial charge in [0.05, 0.1) is 12.0 Å². The summed E-state index contributed by atoms with van der Waals surface area (Å²) >= 11 is 5.85. The molecule has 0 amide bonds. The number of halogens is 1. The first-order valence-corrected chi connectivity index (χ1v) is 6.26. The van der Waals surface area contributed by atoms with Gasteiger partial charge >= 0.3 is 0 Å². The molecule has 0 bridgehead atoms. The number of carbonyl (C=O) groups is 1. The van der Waals surface area contributed by atoms with Crippen LogP contribution in [0.3, 0.4) is 0 Å². The van der Waals surface area contributed by atoms with Crippen molar-refractivity contribution in [3.8, 4) is 0 Å². The maximum absolute atomic E-state index is 11.9. The average molecular weight is 255 g/mol. The van der Waals surface area contributed by atoms with E-state index in [0.717, 1.165) is 5.56 Å². The Morgan fingerprint density at radius 3 is 2.35 bits per heavy atom. The number of hydrogen-bond acceptors (Lipinski definition) is 2. The van der Waals surface area contributed by atoms with Gasteiger partial charge < -0.3 is 4.74 Å². The summed E-state index contributed by atoms with van der Waals surface area (Å²) in [5, 5.41) is -0.354. The lowest BCUT2D eigenvalue weighted by Crippen LogP contribution is -2.43. The summed E-state index contributed by atoms with van der Waals surface area (Å²) < 4.78 is 5.47. The van der Waals surface area contributed by atoms with Crippen LogP contribution in [-0.2, 0) is 14.9 Å². The molecule has 2 nitrogen and oxygen atoms in total. The second kappa shape index (κ2) is 6.18. The molecular formula is C14H19ClO2. The lowest BCUT2D eigenvalue weighted by atomic mass is 9.73. The number of carbonyl (C=O) groups excluding carboxylic acids is 1. The van der Waals surface area contributed by atoms with Crippen molar-refractivity contribution in [3.63, 3.8) is 0 Å². The Balaban J connectivity index is 3.20. The molecule has 94 valence electrons. The van der Waals surface area contributed by atoms with E-state index in [1.54, 1.807) is 0 Å². The maximum Gasteiger partial charge on any atom is 0.234 e. The van der Waals surface area contributed by atoms with Crippen LogP contribution >= 0.6 is 11.6 Å². The minimum Gasteiger partial charge on any atom is -0.380 e. The molecule has 0 saturated carbocycles. The highest BCUT2D eigenvalue weighted by molar-refractivity contribution is 6.65. The molecule has 1 atom stereocenters. The summed E-state index contributed by atoms with van der Waals surface area (Å²) in [5.41, 5.74) is 0.169. The molecular weight excluding hydrogens is 236 g/mol. The summed E-state index contributed by atoms with van der Waals surface area (Å²) in [6.07, 6.45) is 0. The van der Waals surface area contributed by atoms with E-state index in [1.165, 1.54) is 0 Å². The van der Waals surface area contributed by atoms with Crippen LogP contribution in [0.15, 0.2) is 30.3 Å². The Morgan fingerprint density at radius 2 is 1.94 bits per heavy atom. The van der Waals surface area contributed by atoms with Gasteiger partial charge in [-0.05, 0) is 30.0 Å². The van der Waals surface area contributed by atoms with E-state index in [2.05, 4.69) is 0 Å². The number of rotatable bonds is 6. The largest absolute Gasteiger partial charge is 0.380 e. The second-order valence-electron chi connectivity index (χ2n) is 4.40. The maximum atomic E-state index is 11.9. The van der Waals surface area contributed by atoms with E-state index < -0.39 is 5.41 Å². The topological polar surface area (TPSA) is 26.3 Å². The molecule has 0 aliphatic rings. The predicted molar refractivity (Wildman–Crippen MR) is 70.3 cm³/mol. The molecule has 0 aliphatic carbocycles. The third-order valence-corrected chi connectivity index (χ3v) is 3.50. The van der Waals surface area contributed by atoms with E-state index in [0.29, 0.717) is 13.2 Å². The molecule has 0 N–H and O–H groups in total. The highest BCUT2D eigenvalue weighted by Crippen LogP contribution is 2.35. The molecule has 1 rings (SSSR count). The van der Waals surface area contributed by atoms with E-state index in [9.17, 15) is 4.79 Å². The molecule has 0 heterocycles. The van der Waals surface area contributed by atoms with Gasteiger partial charge in [0.25, 0.3) is 0 Å². The van der Waals surface area contributed by atoms with Gasteiger partial charge in [-0.1, -0.05) is 44.2 Å². The molecule has 0 radical (unpaired) electrons. The molecule has 1 aromatic carbocycles. The van der Waals surface area contributed by atoms with Gasteiger partial charge in [-0.3, -0.25) is 4.79 Å². The number of benzene rings is 1. The van der Waals surface area contributed by atoms with Crippen LogP contribution in [-0.4, -0.2) is 18.5 Å². The highest BCUT2D eigenvalue weighted by Gasteiger charge is 2.42. The fraction of sp³-hybridized carbons (Fsp3) is 0.500. The Hall–Kier alpha value is -0.860. The van der Waals surface area contributed by atoms with Crippen LogP contribution in [0.4, 0.5) is 0 Å². The minimum atomic E-state index is -0.751. The summed E-state index contributed by atoms with van der Waals surface area (Å²) in [4.78, 5) is 11.9. The Labute approximate surface area is 108 Å². The van der Waals surface area contributed by atoms with Crippen molar-refractivity contribution in [2.75, 3.05) is 13.2 Å². The van der Waals surface area contributed by atoms with Crippen molar-refractivity contribution in [1.29, 1.82) is 0 Å². The lowest BCUT2D eigenvalue weighted by molar-refractivity contribution is -0.121. The van der Waals surface area contributed by atoms with Crippen molar-refractivity contribution in [2.24, 2.45) is 5.92 Å². The minimum absolute atomic E-state index is 0.0847. The zero-order valence-corrected chi connectivity index (χ0v) is 11.3. The third kappa shape index (κ3) is 2.88. The first-order valence-electron chi connectivity index (χ1n) is 5.89. The van der Waals surface area contributed by atoms with Gasteiger partial charge in [-0.25, -0.2) is 0 Å². The fourth-order valence-electron chi connectivity index (χ4n) is 1.98. The monoisotopic (exact) mass is 254 g/mol. The number of ether oxygens (including phenoxy) is 1. The van der Waals surface area contributed by atoms with Gasteiger partial charge in [0.15, 0.2) is 0 Å². The second-order valence-corrected chi connectivity index (χ2v) is 4.75. The lowest BCUT2D eigenvalue weighted by Gasteiger charge is -2.34. The molecule has 0 aliphatic heterocycles. The van der Waals surface area contributed by atoms with Crippen LogP contribution in [0.5, 0.6) is 0 Å². The molecule has 0 fully saturated rings. The van der Waals surface area contributed by atoms with Crippen molar-refractivity contribution >= 4 is 16.8 Å². The summed E-state index contributed by atoms with van der Waals surface area (Å²) in [6.45, 7) is 6.80. The molecule has 0 saturated heterocycles. The van der Waals surface area contributed by atoms with E-state index >= 15 is 0 Å². The Bertz CT molecular complexity index is 362. The quantitative estimate of drug-likeness (QED) is 0.728. The molecule has 17 heavy (non-hydrogen) atoms. The van der Waals surface area contributed by atoms with Crippen LogP contribution < -0.4 is 0 Å². The van der Waals surface area contributed by atoms with Gasteiger partial charge in [0.2, 0.25) is 5.24 Å². The zero-order valence-electron chi connectivity index (χ0n) is 10.6. The SMILES string of the molecule is CCOCC(C(=O)Cl)(c1ccccc1)C(C)C. The van der Waals surface area contributed by atoms with Crippen LogP contribution in [0.2, 0.25) is 0 Å². The molecule has 3 heteroatoms. The Kier molecular flexibility index (Phi) is 5.16. The molecule has 1 aromatic rings. The summed E-state index contributed by atoms with van der Waals surface area (Å²) in [5.74, 6) is 0.0847. The van der Waals surface area contributed by atoms with E-state index in [1.807, 2.05) is 51.1 Å². The van der Waals surface area contributed by atoms with Crippen molar-refractivity contribution in [3.05, 3.63) is 35.9 Å². The van der Waals surface area contributed by atoms with E-state index in [-0.39, 0.29) is 11.2 Å². The smallest absolute Gasteiger partial charge is 0.234 e. The van der Waals surface area contributed by atoms with Crippen molar-refractivity contribution in [2.45, 2.75) is 26.2 Å². The van der Waals surface area contributed by atoms with Crippen LogP contribution in [0.25, 0.3) is 0 Å². The Morgan fingerprint density at radius 1 is 1.35 bits per heavy atom. The first-order chi connectivity index (χ1) is 8.05.